The number of β-amino-alcohol motifs (C(OH)–C–C–N with tert-alkyl or cyclic N) is 1. The second kappa shape index (κ2) is 7.27. The number of likely N-dealkylation sites (tertiary alicyclic amines) is 1. The van der Waals surface area contributed by atoms with Gasteiger partial charge in [0, 0.05) is 39.0 Å². The zero-order valence-corrected chi connectivity index (χ0v) is 13.6. The smallest absolute Gasteiger partial charge is 0.257 e. The third-order valence-electron chi connectivity index (χ3n) is 4.58. The summed E-state index contributed by atoms with van der Waals surface area (Å²) in [6.45, 7) is 5.13. The lowest BCUT2D eigenvalue weighted by Gasteiger charge is -2.28. The number of ether oxygens (including phenoxy) is 1. The maximum absolute atomic E-state index is 12.8. The second-order valence-corrected chi connectivity index (χ2v) is 6.19. The largest absolute Gasteiger partial charge is 0.388 e. The molecule has 2 fully saturated rings. The van der Waals surface area contributed by atoms with Crippen molar-refractivity contribution in [3.8, 4) is 0 Å². The van der Waals surface area contributed by atoms with Crippen molar-refractivity contribution >= 4 is 11.7 Å². The van der Waals surface area contributed by atoms with E-state index in [9.17, 15) is 9.90 Å². The lowest BCUT2D eigenvalue weighted by Crippen LogP contribution is -2.37. The van der Waals surface area contributed by atoms with Gasteiger partial charge in [0.2, 0.25) is 0 Å². The van der Waals surface area contributed by atoms with Gasteiger partial charge in [-0.25, -0.2) is 4.98 Å². The third-order valence-corrected chi connectivity index (χ3v) is 4.58. The Morgan fingerprint density at radius 1 is 1.35 bits per heavy atom. The summed E-state index contributed by atoms with van der Waals surface area (Å²) in [6, 6.07) is 3.63. The molecule has 2 aliphatic heterocycles. The topological polar surface area (TPSA) is 65.9 Å². The molecular formula is C17H25N3O3. The van der Waals surface area contributed by atoms with Gasteiger partial charge in [0.1, 0.15) is 11.9 Å². The van der Waals surface area contributed by atoms with Crippen LogP contribution in [-0.2, 0) is 4.74 Å². The lowest BCUT2D eigenvalue weighted by molar-refractivity contribution is -0.00189. The molecule has 0 bridgehead atoms. The van der Waals surface area contributed by atoms with Crippen LogP contribution in [0, 0.1) is 0 Å². The molecule has 0 aromatic carbocycles. The summed E-state index contributed by atoms with van der Waals surface area (Å²) in [5, 5.41) is 10.1. The fraction of sp³-hybridized carbons (Fsp3) is 0.647. The maximum Gasteiger partial charge on any atom is 0.257 e. The molecule has 2 atom stereocenters. The van der Waals surface area contributed by atoms with E-state index >= 15 is 0 Å². The summed E-state index contributed by atoms with van der Waals surface area (Å²) in [7, 11) is 0. The Morgan fingerprint density at radius 3 is 2.87 bits per heavy atom. The Balaban J connectivity index is 1.79. The van der Waals surface area contributed by atoms with Gasteiger partial charge in [0.25, 0.3) is 5.91 Å². The predicted molar refractivity (Wildman–Crippen MR) is 87.6 cm³/mol. The van der Waals surface area contributed by atoms with E-state index in [0.717, 1.165) is 25.9 Å². The van der Waals surface area contributed by atoms with Crippen molar-refractivity contribution < 1.29 is 14.6 Å². The highest BCUT2D eigenvalue weighted by molar-refractivity contribution is 5.99. The zero-order chi connectivity index (χ0) is 16.2. The summed E-state index contributed by atoms with van der Waals surface area (Å²) in [5.41, 5.74) is 0.624. The van der Waals surface area contributed by atoms with Gasteiger partial charge in [-0.1, -0.05) is 0 Å². The molecule has 2 aliphatic rings. The van der Waals surface area contributed by atoms with Crippen molar-refractivity contribution in [2.75, 3.05) is 37.7 Å². The molecule has 126 valence electrons. The number of piperidine rings is 1. The monoisotopic (exact) mass is 319 g/mol. The van der Waals surface area contributed by atoms with Crippen LogP contribution in [0.4, 0.5) is 5.82 Å². The number of carbonyl (C=O) groups excluding carboxylic acids is 1. The van der Waals surface area contributed by atoms with Crippen molar-refractivity contribution in [2.24, 2.45) is 0 Å². The van der Waals surface area contributed by atoms with E-state index in [-0.39, 0.29) is 12.0 Å². The van der Waals surface area contributed by atoms with E-state index in [2.05, 4.69) is 4.98 Å². The van der Waals surface area contributed by atoms with Gasteiger partial charge < -0.3 is 19.6 Å². The molecular weight excluding hydrogens is 294 g/mol. The van der Waals surface area contributed by atoms with Crippen LogP contribution in [0.5, 0.6) is 0 Å². The van der Waals surface area contributed by atoms with E-state index < -0.39 is 6.10 Å². The number of aliphatic hydroxyl groups is 1. The molecule has 1 aromatic rings. The van der Waals surface area contributed by atoms with Crippen LogP contribution in [0.1, 0.15) is 36.5 Å². The van der Waals surface area contributed by atoms with E-state index in [4.69, 9.17) is 4.74 Å². The summed E-state index contributed by atoms with van der Waals surface area (Å²) in [6.07, 6.45) is 4.25. The van der Waals surface area contributed by atoms with Gasteiger partial charge in [-0.2, -0.15) is 0 Å². The lowest BCUT2D eigenvalue weighted by atomic mass is 10.1. The van der Waals surface area contributed by atoms with E-state index in [1.807, 2.05) is 22.8 Å². The number of anilines is 1. The van der Waals surface area contributed by atoms with Gasteiger partial charge in [-0.05, 0) is 38.3 Å². The van der Waals surface area contributed by atoms with Gasteiger partial charge in [-0.15, -0.1) is 0 Å². The first kappa shape index (κ1) is 16.2. The third kappa shape index (κ3) is 3.48. The zero-order valence-electron chi connectivity index (χ0n) is 13.6. The molecule has 0 spiro atoms. The molecule has 0 saturated carbocycles. The minimum atomic E-state index is -0.546. The summed E-state index contributed by atoms with van der Waals surface area (Å²) < 4.78 is 5.57. The van der Waals surface area contributed by atoms with Crippen LogP contribution in [0.3, 0.4) is 0 Å². The normalized spacial score (nSPS) is 25.0. The quantitative estimate of drug-likeness (QED) is 0.906. The Bertz CT molecular complexity index is 546. The van der Waals surface area contributed by atoms with Gasteiger partial charge in [-0.3, -0.25) is 4.79 Å². The highest BCUT2D eigenvalue weighted by Crippen LogP contribution is 2.25. The number of aliphatic hydroxyl groups excluding tert-OH is 1. The van der Waals surface area contributed by atoms with Crippen LogP contribution in [-0.4, -0.2) is 65.9 Å². The Kier molecular flexibility index (Phi) is 5.13. The first-order valence-electron chi connectivity index (χ1n) is 8.49. The van der Waals surface area contributed by atoms with Gasteiger partial charge in [0.05, 0.1) is 11.7 Å². The Morgan fingerprint density at radius 2 is 2.13 bits per heavy atom. The highest BCUT2D eigenvalue weighted by atomic mass is 16.5. The molecule has 1 N–H and O–H groups in total. The number of amides is 1. The summed E-state index contributed by atoms with van der Waals surface area (Å²) >= 11 is 0. The van der Waals surface area contributed by atoms with Crippen LogP contribution in [0.25, 0.3) is 0 Å². The Labute approximate surface area is 137 Å². The minimum absolute atomic E-state index is 0.0437. The number of nitrogens with zero attached hydrogens (tertiary/aromatic N) is 3. The molecule has 6 heteroatoms. The number of hydrogen-bond donors (Lipinski definition) is 1. The average Bonchev–Trinajstić information content (AvgIpc) is 2.96. The van der Waals surface area contributed by atoms with Crippen molar-refractivity contribution in [3.05, 3.63) is 23.9 Å². The molecule has 0 unspecified atom stereocenters. The Hall–Kier alpha value is -1.66. The average molecular weight is 319 g/mol. The van der Waals surface area contributed by atoms with E-state index in [1.165, 1.54) is 6.42 Å². The fourth-order valence-electron chi connectivity index (χ4n) is 3.39. The number of aromatic nitrogens is 1. The molecule has 1 aromatic heterocycles. The summed E-state index contributed by atoms with van der Waals surface area (Å²) in [4.78, 5) is 21.1. The number of hydrogen-bond acceptors (Lipinski definition) is 5. The number of carbonyl (C=O) groups is 1. The van der Waals surface area contributed by atoms with Crippen molar-refractivity contribution in [1.29, 1.82) is 0 Å². The van der Waals surface area contributed by atoms with Crippen molar-refractivity contribution in [2.45, 2.75) is 38.4 Å². The first-order valence-corrected chi connectivity index (χ1v) is 8.49. The van der Waals surface area contributed by atoms with Gasteiger partial charge >= 0.3 is 0 Å². The van der Waals surface area contributed by atoms with Crippen molar-refractivity contribution in [3.63, 3.8) is 0 Å². The molecule has 3 heterocycles. The van der Waals surface area contributed by atoms with Crippen LogP contribution in [0.2, 0.25) is 0 Å². The number of pyridine rings is 1. The minimum Gasteiger partial charge on any atom is -0.388 e. The molecule has 6 nitrogen and oxygen atoms in total. The van der Waals surface area contributed by atoms with Gasteiger partial charge in [0.15, 0.2) is 0 Å². The second-order valence-electron chi connectivity index (χ2n) is 6.19. The van der Waals surface area contributed by atoms with Crippen LogP contribution in [0.15, 0.2) is 18.3 Å². The highest BCUT2D eigenvalue weighted by Gasteiger charge is 2.34. The first-order chi connectivity index (χ1) is 11.2. The molecule has 0 radical (unpaired) electrons. The number of rotatable bonds is 4. The van der Waals surface area contributed by atoms with Crippen molar-refractivity contribution in [1.82, 2.24) is 9.88 Å². The molecule has 1 amide bonds. The SMILES string of the molecule is CCO[C@@H]1CN(c2ncccc2C(=O)N2CCCCC2)C[C@H]1O. The van der Waals surface area contributed by atoms with Crippen LogP contribution < -0.4 is 4.90 Å². The van der Waals surface area contributed by atoms with E-state index in [1.54, 1.807) is 12.3 Å². The van der Waals surface area contributed by atoms with Crippen LogP contribution >= 0.6 is 0 Å². The molecule has 23 heavy (non-hydrogen) atoms. The predicted octanol–water partition coefficient (Wildman–Crippen LogP) is 1.29. The molecule has 2 saturated heterocycles. The van der Waals surface area contributed by atoms with E-state index in [0.29, 0.717) is 31.1 Å². The maximum atomic E-state index is 12.8. The summed E-state index contributed by atoms with van der Waals surface area (Å²) in [5.74, 6) is 0.700. The fourth-order valence-corrected chi connectivity index (χ4v) is 3.39. The standard InChI is InChI=1S/C17H25N3O3/c1-2-23-15-12-20(11-14(15)21)16-13(7-6-8-18-16)17(22)19-9-4-3-5-10-19/h6-8,14-15,21H,2-5,9-12H2,1H3/t14-,15-/m1/s1. The molecule has 3 rings (SSSR count). The molecule has 0 aliphatic carbocycles.